The fourth-order valence-electron chi connectivity index (χ4n) is 3.48. The Hall–Kier alpha value is -3.00. The van der Waals surface area contributed by atoms with E-state index >= 15 is 0 Å². The maximum absolute atomic E-state index is 13.8. The van der Waals surface area contributed by atoms with Gasteiger partial charge < -0.3 is 10.6 Å². The van der Waals surface area contributed by atoms with Crippen LogP contribution in [0.25, 0.3) is 0 Å². The average molecular weight is 435 g/mol. The summed E-state index contributed by atoms with van der Waals surface area (Å²) in [5, 5.41) is 10.1. The van der Waals surface area contributed by atoms with Gasteiger partial charge in [0.1, 0.15) is 11.4 Å². The molecule has 9 heteroatoms. The highest BCUT2D eigenvalue weighted by molar-refractivity contribution is 6.30. The Bertz CT molecular complexity index is 1060. The van der Waals surface area contributed by atoms with Crippen LogP contribution in [-0.4, -0.2) is 21.9 Å². The fourth-order valence-corrected chi connectivity index (χ4v) is 3.60. The van der Waals surface area contributed by atoms with E-state index in [1.807, 2.05) is 19.1 Å². The van der Waals surface area contributed by atoms with E-state index in [2.05, 4.69) is 15.7 Å². The van der Waals surface area contributed by atoms with Crippen molar-refractivity contribution in [3.63, 3.8) is 0 Å². The smallest absolute Gasteiger partial charge is 0.363 e. The van der Waals surface area contributed by atoms with Crippen molar-refractivity contribution < 1.29 is 18.0 Å². The molecule has 2 aromatic carbocycles. The minimum atomic E-state index is -4.50. The van der Waals surface area contributed by atoms with Gasteiger partial charge in [-0.3, -0.25) is 4.79 Å². The van der Waals surface area contributed by atoms with Crippen LogP contribution in [0.15, 0.2) is 54.7 Å². The van der Waals surface area contributed by atoms with E-state index in [1.165, 1.54) is 0 Å². The highest BCUT2D eigenvalue weighted by Crippen LogP contribution is 2.44. The molecule has 30 heavy (non-hydrogen) atoms. The average Bonchev–Trinajstić information content (AvgIpc) is 3.13. The predicted octanol–water partition coefficient (Wildman–Crippen LogP) is 5.76. The molecule has 1 aliphatic rings. The second-order valence-electron chi connectivity index (χ2n) is 7.21. The molecule has 0 radical (unpaired) electrons. The van der Waals surface area contributed by atoms with Gasteiger partial charge in [-0.1, -0.05) is 41.4 Å². The Kier molecular flexibility index (Phi) is 5.19. The van der Waals surface area contributed by atoms with Crippen molar-refractivity contribution in [3.05, 3.63) is 76.4 Å². The largest absolute Gasteiger partial charge is 0.410 e. The van der Waals surface area contributed by atoms with Gasteiger partial charge in [-0.05, 0) is 36.8 Å². The number of amides is 1. The summed E-state index contributed by atoms with van der Waals surface area (Å²) in [5.74, 6) is -0.517. The van der Waals surface area contributed by atoms with Crippen LogP contribution in [0.3, 0.4) is 0 Å². The molecule has 3 aromatic rings. The van der Waals surface area contributed by atoms with Gasteiger partial charge in [0.15, 0.2) is 6.04 Å². The van der Waals surface area contributed by atoms with E-state index in [0.717, 1.165) is 16.4 Å². The Morgan fingerprint density at radius 3 is 2.47 bits per heavy atom. The number of aryl methyl sites for hydroxylation is 1. The lowest BCUT2D eigenvalue weighted by molar-refractivity contribution is -0.173. The maximum atomic E-state index is 13.8. The summed E-state index contributed by atoms with van der Waals surface area (Å²) in [5.41, 5.74) is 2.24. The molecular formula is C21H18ClF3N4O. The molecule has 2 heterocycles. The number of anilines is 2. The van der Waals surface area contributed by atoms with Crippen LogP contribution in [0.5, 0.6) is 0 Å². The van der Waals surface area contributed by atoms with E-state index in [9.17, 15) is 18.0 Å². The Morgan fingerprint density at radius 1 is 1.17 bits per heavy atom. The van der Waals surface area contributed by atoms with Crippen molar-refractivity contribution in [2.24, 2.45) is 0 Å². The third-order valence-electron chi connectivity index (χ3n) is 5.06. The molecule has 1 aliphatic heterocycles. The lowest BCUT2D eigenvalue weighted by Gasteiger charge is -2.34. The lowest BCUT2D eigenvalue weighted by atomic mass is 9.96. The van der Waals surface area contributed by atoms with Gasteiger partial charge in [0.25, 0.3) is 5.91 Å². The number of fused-ring (bicyclic) bond motifs is 1. The Morgan fingerprint density at radius 2 is 1.83 bits per heavy atom. The molecule has 4 rings (SSSR count). The maximum Gasteiger partial charge on any atom is 0.410 e. The van der Waals surface area contributed by atoms with Gasteiger partial charge in [0.05, 0.1) is 12.2 Å². The number of benzene rings is 2. The minimum Gasteiger partial charge on any atom is -0.363 e. The molecule has 1 amide bonds. The first kappa shape index (κ1) is 20.3. The standard InChI is InChI=1S/C21H18ClF3N4O/c1-12-2-4-13(5-3-12)17-10-18(21(23,24)25)29-19(28-17)16(11-26-29)20(30)27-15-8-6-14(22)7-9-15/h2-9,11,17-18,28H,10H2,1H3,(H,27,30)/t17-,18-/m1/s1. The van der Waals surface area contributed by atoms with Crippen LogP contribution in [0, 0.1) is 6.92 Å². The summed E-state index contributed by atoms with van der Waals surface area (Å²) < 4.78 is 42.1. The highest BCUT2D eigenvalue weighted by atomic mass is 35.5. The van der Waals surface area contributed by atoms with E-state index < -0.39 is 24.2 Å². The van der Waals surface area contributed by atoms with Crippen molar-refractivity contribution >= 4 is 29.0 Å². The molecule has 0 aliphatic carbocycles. The van der Waals surface area contributed by atoms with E-state index in [4.69, 9.17) is 11.6 Å². The molecule has 0 bridgehead atoms. The van der Waals surface area contributed by atoms with Crippen LogP contribution in [-0.2, 0) is 0 Å². The zero-order valence-corrected chi connectivity index (χ0v) is 16.6. The van der Waals surface area contributed by atoms with Gasteiger partial charge >= 0.3 is 6.18 Å². The SMILES string of the molecule is Cc1ccc([C@H]2C[C@H](C(F)(F)F)n3ncc(C(=O)Nc4ccc(Cl)cc4)c3N2)cc1. The highest BCUT2D eigenvalue weighted by Gasteiger charge is 2.47. The number of hydrogen-bond acceptors (Lipinski definition) is 3. The van der Waals surface area contributed by atoms with Gasteiger partial charge in [0.2, 0.25) is 0 Å². The van der Waals surface area contributed by atoms with Crippen LogP contribution in [0.4, 0.5) is 24.7 Å². The molecule has 0 fully saturated rings. The number of rotatable bonds is 3. The van der Waals surface area contributed by atoms with Gasteiger partial charge in [0, 0.05) is 17.1 Å². The number of alkyl halides is 3. The van der Waals surface area contributed by atoms with E-state index in [1.54, 1.807) is 36.4 Å². The van der Waals surface area contributed by atoms with Crippen LogP contribution >= 0.6 is 11.6 Å². The molecule has 2 N–H and O–H groups in total. The third-order valence-corrected chi connectivity index (χ3v) is 5.32. The van der Waals surface area contributed by atoms with Crippen molar-refractivity contribution in [3.8, 4) is 0 Å². The summed E-state index contributed by atoms with van der Waals surface area (Å²) >= 11 is 5.84. The molecule has 1 aromatic heterocycles. The first-order valence-corrected chi connectivity index (χ1v) is 9.64. The summed E-state index contributed by atoms with van der Waals surface area (Å²) in [6, 6.07) is 11.3. The summed E-state index contributed by atoms with van der Waals surface area (Å²) in [7, 11) is 0. The second-order valence-corrected chi connectivity index (χ2v) is 7.65. The molecule has 5 nitrogen and oxygen atoms in total. The molecule has 156 valence electrons. The minimum absolute atomic E-state index is 0.0380. The number of aromatic nitrogens is 2. The van der Waals surface area contributed by atoms with Crippen molar-refractivity contribution in [2.45, 2.75) is 31.6 Å². The zero-order chi connectivity index (χ0) is 21.5. The Balaban J connectivity index is 1.68. The van der Waals surface area contributed by atoms with Gasteiger partial charge in [-0.25, -0.2) is 4.68 Å². The molecule has 0 saturated carbocycles. The quantitative estimate of drug-likeness (QED) is 0.551. The predicted molar refractivity (Wildman–Crippen MR) is 109 cm³/mol. The monoisotopic (exact) mass is 434 g/mol. The number of nitrogens with one attached hydrogen (secondary N) is 2. The van der Waals surface area contributed by atoms with Gasteiger partial charge in [-0.15, -0.1) is 0 Å². The third kappa shape index (κ3) is 4.00. The molecule has 0 saturated heterocycles. The topological polar surface area (TPSA) is 59.0 Å². The van der Waals surface area contributed by atoms with Crippen LogP contribution in [0.2, 0.25) is 5.02 Å². The lowest BCUT2D eigenvalue weighted by Crippen LogP contribution is -2.36. The van der Waals surface area contributed by atoms with Gasteiger partial charge in [-0.2, -0.15) is 18.3 Å². The molecular weight excluding hydrogens is 417 g/mol. The fraction of sp³-hybridized carbons (Fsp3) is 0.238. The zero-order valence-electron chi connectivity index (χ0n) is 15.9. The molecule has 2 atom stereocenters. The molecule has 0 unspecified atom stereocenters. The van der Waals surface area contributed by atoms with E-state index in [0.29, 0.717) is 16.3 Å². The first-order valence-electron chi connectivity index (χ1n) is 9.26. The van der Waals surface area contributed by atoms with Crippen molar-refractivity contribution in [1.82, 2.24) is 9.78 Å². The number of carbonyl (C=O) groups excluding carboxylic acids is 1. The summed E-state index contributed by atoms with van der Waals surface area (Å²) in [6.07, 6.45) is -3.57. The van der Waals surface area contributed by atoms with Crippen LogP contribution in [0.1, 0.15) is 40.0 Å². The van der Waals surface area contributed by atoms with Crippen molar-refractivity contribution in [1.29, 1.82) is 0 Å². The van der Waals surface area contributed by atoms with E-state index in [-0.39, 0.29) is 17.8 Å². The van der Waals surface area contributed by atoms with Crippen LogP contribution < -0.4 is 10.6 Å². The first-order chi connectivity index (χ1) is 14.2. The normalized spacial score (nSPS) is 18.4. The number of nitrogens with zero attached hydrogens (tertiary/aromatic N) is 2. The summed E-state index contributed by atoms with van der Waals surface area (Å²) in [6.45, 7) is 1.91. The number of halogens is 4. The summed E-state index contributed by atoms with van der Waals surface area (Å²) in [4.78, 5) is 12.8. The van der Waals surface area contributed by atoms with Crippen molar-refractivity contribution in [2.75, 3.05) is 10.6 Å². The number of hydrogen-bond donors (Lipinski definition) is 2. The Labute approximate surface area is 175 Å². The number of carbonyl (C=O) groups is 1. The second kappa shape index (κ2) is 7.68. The molecule has 0 spiro atoms.